The van der Waals surface area contributed by atoms with Crippen LogP contribution < -0.4 is 15.4 Å². The average molecular weight is 237 g/mol. The maximum Gasteiger partial charge on any atom is 0.233 e. The van der Waals surface area contributed by atoms with Gasteiger partial charge in [0, 0.05) is 25.4 Å². The summed E-state index contributed by atoms with van der Waals surface area (Å²) < 4.78 is 4.96. The molecular weight excluding hydrogens is 218 g/mol. The summed E-state index contributed by atoms with van der Waals surface area (Å²) in [6.07, 6.45) is 2.68. The van der Waals surface area contributed by atoms with Crippen LogP contribution in [-0.2, 0) is 11.3 Å². The topological polar surface area (TPSA) is 63.2 Å². The Morgan fingerprint density at radius 3 is 2.88 bits per heavy atom. The van der Waals surface area contributed by atoms with E-state index < -0.39 is 0 Å². The van der Waals surface area contributed by atoms with Crippen molar-refractivity contribution in [1.29, 1.82) is 0 Å². The Bertz CT molecular complexity index is 338. The Labute approximate surface area is 102 Å². The molecule has 0 aliphatic rings. The van der Waals surface area contributed by atoms with Gasteiger partial charge in [0.2, 0.25) is 11.8 Å². The predicted molar refractivity (Wildman–Crippen MR) is 65.8 cm³/mol. The van der Waals surface area contributed by atoms with Gasteiger partial charge in [-0.05, 0) is 12.0 Å². The van der Waals surface area contributed by atoms with E-state index in [1.165, 1.54) is 0 Å². The number of pyridine rings is 1. The number of ether oxygens (including phenoxy) is 1. The minimum Gasteiger partial charge on any atom is -0.481 e. The second kappa shape index (κ2) is 7.62. The molecule has 0 aromatic carbocycles. The molecule has 1 aromatic heterocycles. The summed E-state index contributed by atoms with van der Waals surface area (Å²) in [6, 6.07) is 3.72. The first-order chi connectivity index (χ1) is 8.26. The number of carbonyl (C=O) groups is 1. The summed E-state index contributed by atoms with van der Waals surface area (Å²) in [5.74, 6) is 0.614. The molecule has 0 saturated carbocycles. The highest BCUT2D eigenvalue weighted by Crippen LogP contribution is 2.05. The second-order valence-corrected chi connectivity index (χ2v) is 3.66. The van der Waals surface area contributed by atoms with Crippen molar-refractivity contribution in [3.63, 3.8) is 0 Å². The lowest BCUT2D eigenvalue weighted by Crippen LogP contribution is -2.33. The third-order valence-corrected chi connectivity index (χ3v) is 2.19. The smallest absolute Gasteiger partial charge is 0.233 e. The molecule has 17 heavy (non-hydrogen) atoms. The molecule has 1 heterocycles. The molecule has 1 rings (SSSR count). The summed E-state index contributed by atoms with van der Waals surface area (Å²) in [7, 11) is 1.58. The summed E-state index contributed by atoms with van der Waals surface area (Å²) in [4.78, 5) is 15.4. The Kier molecular flexibility index (Phi) is 6.03. The molecule has 1 aromatic rings. The van der Waals surface area contributed by atoms with Gasteiger partial charge in [0.1, 0.15) is 0 Å². The third kappa shape index (κ3) is 5.31. The number of amides is 1. The van der Waals surface area contributed by atoms with Crippen molar-refractivity contribution in [2.24, 2.45) is 0 Å². The zero-order valence-electron chi connectivity index (χ0n) is 10.3. The Morgan fingerprint density at radius 1 is 1.47 bits per heavy atom. The van der Waals surface area contributed by atoms with Crippen molar-refractivity contribution in [2.45, 2.75) is 19.9 Å². The quantitative estimate of drug-likeness (QED) is 0.733. The van der Waals surface area contributed by atoms with Crippen LogP contribution >= 0.6 is 0 Å². The molecule has 0 aliphatic carbocycles. The van der Waals surface area contributed by atoms with Crippen LogP contribution in [0.1, 0.15) is 18.9 Å². The first-order valence-electron chi connectivity index (χ1n) is 5.72. The van der Waals surface area contributed by atoms with E-state index in [2.05, 4.69) is 15.6 Å². The molecule has 0 atom stereocenters. The van der Waals surface area contributed by atoms with Crippen molar-refractivity contribution < 1.29 is 9.53 Å². The van der Waals surface area contributed by atoms with Crippen LogP contribution in [0.4, 0.5) is 0 Å². The summed E-state index contributed by atoms with van der Waals surface area (Å²) in [6.45, 7) is 3.70. The lowest BCUT2D eigenvalue weighted by molar-refractivity contribution is -0.120. The van der Waals surface area contributed by atoms with Crippen LogP contribution in [0.3, 0.4) is 0 Å². The molecule has 94 valence electrons. The molecule has 0 saturated heterocycles. The molecule has 5 nitrogen and oxygen atoms in total. The van der Waals surface area contributed by atoms with E-state index in [0.29, 0.717) is 19.0 Å². The normalized spacial score (nSPS) is 10.0. The Hall–Kier alpha value is -1.62. The molecule has 0 radical (unpaired) electrons. The standard InChI is InChI=1S/C12H19N3O2/c1-3-6-14-11(16)9-13-7-10-4-5-12(17-2)15-8-10/h4-5,8,13H,3,6-7,9H2,1-2H3,(H,14,16). The van der Waals surface area contributed by atoms with Crippen LogP contribution in [0.5, 0.6) is 5.88 Å². The maximum atomic E-state index is 11.3. The highest BCUT2D eigenvalue weighted by molar-refractivity contribution is 5.77. The number of nitrogens with zero attached hydrogens (tertiary/aromatic N) is 1. The molecular formula is C12H19N3O2. The fourth-order valence-electron chi connectivity index (χ4n) is 1.28. The largest absolute Gasteiger partial charge is 0.481 e. The molecule has 2 N–H and O–H groups in total. The van der Waals surface area contributed by atoms with Gasteiger partial charge >= 0.3 is 0 Å². The number of rotatable bonds is 7. The number of hydrogen-bond donors (Lipinski definition) is 2. The van der Waals surface area contributed by atoms with Crippen molar-refractivity contribution in [3.05, 3.63) is 23.9 Å². The van der Waals surface area contributed by atoms with E-state index in [-0.39, 0.29) is 5.91 Å². The average Bonchev–Trinajstić information content (AvgIpc) is 2.37. The highest BCUT2D eigenvalue weighted by Gasteiger charge is 2.00. The van der Waals surface area contributed by atoms with Crippen molar-refractivity contribution in [2.75, 3.05) is 20.2 Å². The van der Waals surface area contributed by atoms with E-state index in [9.17, 15) is 4.79 Å². The lowest BCUT2D eigenvalue weighted by atomic mass is 10.3. The third-order valence-electron chi connectivity index (χ3n) is 2.19. The van der Waals surface area contributed by atoms with Gasteiger partial charge in [0.05, 0.1) is 13.7 Å². The molecule has 1 amide bonds. The Morgan fingerprint density at radius 2 is 2.29 bits per heavy atom. The van der Waals surface area contributed by atoms with Gasteiger partial charge in [0.25, 0.3) is 0 Å². The number of nitrogens with one attached hydrogen (secondary N) is 2. The molecule has 0 fully saturated rings. The zero-order valence-corrected chi connectivity index (χ0v) is 10.3. The highest BCUT2D eigenvalue weighted by atomic mass is 16.5. The number of methoxy groups -OCH3 is 1. The zero-order chi connectivity index (χ0) is 12.5. The summed E-state index contributed by atoms with van der Waals surface area (Å²) >= 11 is 0. The van der Waals surface area contributed by atoms with Crippen molar-refractivity contribution >= 4 is 5.91 Å². The van der Waals surface area contributed by atoms with Gasteiger partial charge in [-0.2, -0.15) is 0 Å². The number of hydrogen-bond acceptors (Lipinski definition) is 4. The minimum atomic E-state index is 0.0216. The van der Waals surface area contributed by atoms with E-state index in [1.54, 1.807) is 19.4 Å². The van der Waals surface area contributed by atoms with E-state index in [4.69, 9.17) is 4.74 Å². The predicted octanol–water partition coefficient (Wildman–Crippen LogP) is 0.706. The van der Waals surface area contributed by atoms with Gasteiger partial charge in [0.15, 0.2) is 0 Å². The maximum absolute atomic E-state index is 11.3. The SMILES string of the molecule is CCCNC(=O)CNCc1ccc(OC)nc1. The molecule has 0 unspecified atom stereocenters. The van der Waals surface area contributed by atoms with E-state index in [1.807, 2.05) is 13.0 Å². The van der Waals surface area contributed by atoms with Crippen LogP contribution in [0.15, 0.2) is 18.3 Å². The van der Waals surface area contributed by atoms with Crippen LogP contribution in [-0.4, -0.2) is 31.1 Å². The van der Waals surface area contributed by atoms with Crippen LogP contribution in [0, 0.1) is 0 Å². The molecule has 0 spiro atoms. The van der Waals surface area contributed by atoms with Gasteiger partial charge in [-0.3, -0.25) is 4.79 Å². The van der Waals surface area contributed by atoms with Crippen molar-refractivity contribution in [1.82, 2.24) is 15.6 Å². The van der Waals surface area contributed by atoms with Crippen molar-refractivity contribution in [3.8, 4) is 5.88 Å². The second-order valence-electron chi connectivity index (χ2n) is 3.66. The lowest BCUT2D eigenvalue weighted by Gasteiger charge is -2.06. The first-order valence-corrected chi connectivity index (χ1v) is 5.72. The van der Waals surface area contributed by atoms with E-state index in [0.717, 1.165) is 18.5 Å². The first kappa shape index (κ1) is 13.4. The van der Waals surface area contributed by atoms with Crippen LogP contribution in [0.25, 0.3) is 0 Å². The summed E-state index contributed by atoms with van der Waals surface area (Å²) in [5.41, 5.74) is 1.02. The molecule has 0 aliphatic heterocycles. The Balaban J connectivity index is 2.23. The molecule has 5 heteroatoms. The number of aromatic nitrogens is 1. The fourth-order valence-corrected chi connectivity index (χ4v) is 1.28. The van der Waals surface area contributed by atoms with Gasteiger partial charge in [-0.1, -0.05) is 13.0 Å². The van der Waals surface area contributed by atoms with Crippen LogP contribution in [0.2, 0.25) is 0 Å². The van der Waals surface area contributed by atoms with Gasteiger partial charge in [-0.25, -0.2) is 4.98 Å². The van der Waals surface area contributed by atoms with Gasteiger partial charge in [-0.15, -0.1) is 0 Å². The van der Waals surface area contributed by atoms with Gasteiger partial charge < -0.3 is 15.4 Å². The van der Waals surface area contributed by atoms with E-state index >= 15 is 0 Å². The summed E-state index contributed by atoms with van der Waals surface area (Å²) in [5, 5.41) is 5.85. The molecule has 0 bridgehead atoms. The minimum absolute atomic E-state index is 0.0216. The fraction of sp³-hybridized carbons (Fsp3) is 0.500. The monoisotopic (exact) mass is 237 g/mol. The number of carbonyl (C=O) groups excluding carboxylic acids is 1.